The Balaban J connectivity index is 2.03. The minimum Gasteiger partial charge on any atom is -0.389 e. The quantitative estimate of drug-likeness (QED) is 0.920. The molecule has 0 amide bonds. The van der Waals surface area contributed by atoms with E-state index in [0.29, 0.717) is 12.8 Å². The smallest absolute Gasteiger partial charge is 0.307 e. The van der Waals surface area contributed by atoms with Gasteiger partial charge in [-0.25, -0.2) is 0 Å². The van der Waals surface area contributed by atoms with Crippen LogP contribution < -0.4 is 0 Å². The van der Waals surface area contributed by atoms with Crippen molar-refractivity contribution in [1.82, 2.24) is 10.1 Å². The zero-order valence-electron chi connectivity index (χ0n) is 11.5. The largest absolute Gasteiger partial charge is 0.389 e. The minimum absolute atomic E-state index is 0.0822. The molecule has 1 aromatic rings. The molecule has 1 aliphatic rings. The van der Waals surface area contributed by atoms with E-state index in [2.05, 4.69) is 24.0 Å². The second kappa shape index (κ2) is 4.51. The van der Waals surface area contributed by atoms with Crippen molar-refractivity contribution in [2.75, 3.05) is 0 Å². The van der Waals surface area contributed by atoms with Gasteiger partial charge in [0.05, 0.1) is 12.0 Å². The zero-order chi connectivity index (χ0) is 14.3. The van der Waals surface area contributed by atoms with Crippen LogP contribution >= 0.6 is 0 Å². The molecule has 108 valence electrons. The van der Waals surface area contributed by atoms with Crippen LogP contribution in [-0.4, -0.2) is 20.8 Å². The van der Waals surface area contributed by atoms with Gasteiger partial charge >= 0.3 is 5.92 Å². The molecule has 0 unspecified atom stereocenters. The van der Waals surface area contributed by atoms with E-state index in [1.165, 1.54) is 0 Å². The predicted molar refractivity (Wildman–Crippen MR) is 64.8 cm³/mol. The molecule has 6 heteroatoms. The zero-order valence-corrected chi connectivity index (χ0v) is 11.5. The summed E-state index contributed by atoms with van der Waals surface area (Å²) in [7, 11) is 0. The van der Waals surface area contributed by atoms with E-state index in [9.17, 15) is 13.9 Å². The fraction of sp³-hybridized carbons (Fsp3) is 0.846. The Bertz CT molecular complexity index is 442. The van der Waals surface area contributed by atoms with Crippen molar-refractivity contribution in [2.24, 2.45) is 5.41 Å². The number of halogens is 2. The fourth-order valence-corrected chi connectivity index (χ4v) is 2.36. The predicted octanol–water partition coefficient (Wildman–Crippen LogP) is 3.06. The molecule has 1 fully saturated rings. The van der Waals surface area contributed by atoms with Gasteiger partial charge in [0.15, 0.2) is 0 Å². The summed E-state index contributed by atoms with van der Waals surface area (Å²) in [6, 6.07) is 0. The van der Waals surface area contributed by atoms with Crippen molar-refractivity contribution in [1.29, 1.82) is 0 Å². The summed E-state index contributed by atoms with van der Waals surface area (Å²) in [5.74, 6) is -3.65. The monoisotopic (exact) mass is 274 g/mol. The van der Waals surface area contributed by atoms with Crippen LogP contribution in [0.4, 0.5) is 8.78 Å². The first kappa shape index (κ1) is 14.4. The number of aliphatic hydroxyl groups is 1. The SMILES string of the molecule is CC1(C)CCC(O)(Cc2nc(C(C)(F)F)no2)CC1. The molecular formula is C13H20F2N2O2. The number of nitrogens with zero attached hydrogens (tertiary/aromatic N) is 2. The highest BCUT2D eigenvalue weighted by atomic mass is 19.3. The van der Waals surface area contributed by atoms with Gasteiger partial charge < -0.3 is 9.63 Å². The molecule has 19 heavy (non-hydrogen) atoms. The molecule has 4 nitrogen and oxygen atoms in total. The summed E-state index contributed by atoms with van der Waals surface area (Å²) in [5.41, 5.74) is -0.689. The molecule has 1 saturated carbocycles. The Hall–Kier alpha value is -1.04. The summed E-state index contributed by atoms with van der Waals surface area (Å²) in [6.45, 7) is 5.05. The molecule has 2 rings (SSSR count). The van der Waals surface area contributed by atoms with Crippen molar-refractivity contribution < 1.29 is 18.4 Å². The number of hydrogen-bond acceptors (Lipinski definition) is 4. The molecule has 0 radical (unpaired) electrons. The van der Waals surface area contributed by atoms with Crippen LogP contribution in [0.15, 0.2) is 4.52 Å². The van der Waals surface area contributed by atoms with E-state index in [1.54, 1.807) is 0 Å². The summed E-state index contributed by atoms with van der Waals surface area (Å²) in [4.78, 5) is 3.67. The van der Waals surface area contributed by atoms with Crippen molar-refractivity contribution in [3.8, 4) is 0 Å². The number of aromatic nitrogens is 2. The third-order valence-corrected chi connectivity index (χ3v) is 3.88. The van der Waals surface area contributed by atoms with Gasteiger partial charge in [-0.3, -0.25) is 0 Å². The van der Waals surface area contributed by atoms with Crippen LogP contribution in [0.2, 0.25) is 0 Å². The van der Waals surface area contributed by atoms with E-state index in [-0.39, 0.29) is 17.7 Å². The van der Waals surface area contributed by atoms with Crippen LogP contribution in [0, 0.1) is 5.41 Å². The van der Waals surface area contributed by atoms with Crippen LogP contribution in [-0.2, 0) is 12.3 Å². The highest BCUT2D eigenvalue weighted by molar-refractivity contribution is 4.99. The van der Waals surface area contributed by atoms with Gasteiger partial charge in [-0.05, 0) is 31.1 Å². The summed E-state index contributed by atoms with van der Waals surface area (Å²) in [5, 5.41) is 13.7. The number of rotatable bonds is 3. The van der Waals surface area contributed by atoms with E-state index in [0.717, 1.165) is 19.8 Å². The van der Waals surface area contributed by atoms with Crippen LogP contribution in [0.25, 0.3) is 0 Å². The first-order valence-corrected chi connectivity index (χ1v) is 6.53. The maximum atomic E-state index is 13.0. The van der Waals surface area contributed by atoms with Gasteiger partial charge in [-0.15, -0.1) is 0 Å². The molecule has 1 aromatic heterocycles. The topological polar surface area (TPSA) is 59.2 Å². The van der Waals surface area contributed by atoms with Gasteiger partial charge in [0, 0.05) is 6.92 Å². The molecular weight excluding hydrogens is 254 g/mol. The summed E-state index contributed by atoms with van der Waals surface area (Å²) < 4.78 is 30.8. The first-order chi connectivity index (χ1) is 8.60. The Labute approximate surface area is 111 Å². The van der Waals surface area contributed by atoms with Gasteiger partial charge in [0.25, 0.3) is 0 Å². The molecule has 1 N–H and O–H groups in total. The maximum absolute atomic E-state index is 13.0. The van der Waals surface area contributed by atoms with E-state index < -0.39 is 17.3 Å². The molecule has 0 spiro atoms. The van der Waals surface area contributed by atoms with Crippen LogP contribution in [0.5, 0.6) is 0 Å². The third kappa shape index (κ3) is 3.49. The van der Waals surface area contributed by atoms with Crippen molar-refractivity contribution in [3.63, 3.8) is 0 Å². The van der Waals surface area contributed by atoms with Gasteiger partial charge in [0.2, 0.25) is 11.7 Å². The van der Waals surface area contributed by atoms with Gasteiger partial charge in [0.1, 0.15) is 0 Å². The molecule has 1 aliphatic carbocycles. The van der Waals surface area contributed by atoms with Crippen molar-refractivity contribution in [3.05, 3.63) is 11.7 Å². The molecule has 0 bridgehead atoms. The van der Waals surface area contributed by atoms with Crippen LogP contribution in [0.1, 0.15) is 58.2 Å². The average molecular weight is 274 g/mol. The van der Waals surface area contributed by atoms with E-state index >= 15 is 0 Å². The van der Waals surface area contributed by atoms with E-state index in [1.807, 2.05) is 0 Å². The average Bonchev–Trinajstić information content (AvgIpc) is 2.71. The lowest BCUT2D eigenvalue weighted by Crippen LogP contribution is -2.38. The maximum Gasteiger partial charge on any atom is 0.307 e. The standard InChI is InChI=1S/C13H20F2N2O2/c1-11(2)4-6-13(18,7-5-11)8-9-16-10(17-19-9)12(3,14)15/h18H,4-8H2,1-3H3. The second-order valence-electron chi connectivity index (χ2n) is 6.47. The number of hydrogen-bond donors (Lipinski definition) is 1. The molecule has 0 aromatic carbocycles. The minimum atomic E-state index is -3.11. The highest BCUT2D eigenvalue weighted by Gasteiger charge is 2.39. The van der Waals surface area contributed by atoms with Gasteiger partial charge in [-0.2, -0.15) is 13.8 Å². The Morgan fingerprint density at radius 2 is 1.84 bits per heavy atom. The molecule has 0 atom stereocenters. The first-order valence-electron chi connectivity index (χ1n) is 6.53. The Kier molecular flexibility index (Phi) is 3.41. The fourth-order valence-electron chi connectivity index (χ4n) is 2.36. The lowest BCUT2D eigenvalue weighted by atomic mass is 9.70. The van der Waals surface area contributed by atoms with Crippen molar-refractivity contribution in [2.45, 2.75) is 64.4 Å². The summed E-state index contributed by atoms with van der Waals surface area (Å²) in [6.07, 6.45) is 3.19. The lowest BCUT2D eigenvalue weighted by molar-refractivity contribution is -0.0301. The Morgan fingerprint density at radius 1 is 1.26 bits per heavy atom. The lowest BCUT2D eigenvalue weighted by Gasteiger charge is -2.39. The third-order valence-electron chi connectivity index (χ3n) is 3.88. The summed E-state index contributed by atoms with van der Waals surface area (Å²) >= 11 is 0. The van der Waals surface area contributed by atoms with Gasteiger partial charge in [-0.1, -0.05) is 19.0 Å². The van der Waals surface area contributed by atoms with Crippen molar-refractivity contribution >= 4 is 0 Å². The Morgan fingerprint density at radius 3 is 2.32 bits per heavy atom. The second-order valence-corrected chi connectivity index (χ2v) is 6.47. The molecule has 1 heterocycles. The van der Waals surface area contributed by atoms with Crippen LogP contribution in [0.3, 0.4) is 0 Å². The number of alkyl halides is 2. The normalized spacial score (nSPS) is 22.4. The molecule has 0 aliphatic heterocycles. The molecule has 0 saturated heterocycles. The highest BCUT2D eigenvalue weighted by Crippen LogP contribution is 2.41. The van der Waals surface area contributed by atoms with E-state index in [4.69, 9.17) is 4.52 Å².